The summed E-state index contributed by atoms with van der Waals surface area (Å²) < 4.78 is 84.8. The third kappa shape index (κ3) is 6.08. The molecule has 0 radical (unpaired) electrons. The number of benzene rings is 3. The van der Waals surface area contributed by atoms with E-state index in [1.807, 2.05) is 0 Å². The molecule has 0 aliphatic rings. The van der Waals surface area contributed by atoms with E-state index in [1.54, 1.807) is 24.3 Å². The van der Waals surface area contributed by atoms with Gasteiger partial charge in [-0.05, 0) is 60.2 Å². The predicted octanol–water partition coefficient (Wildman–Crippen LogP) is 4.58. The van der Waals surface area contributed by atoms with Crippen LogP contribution in [0.25, 0.3) is 0 Å². The van der Waals surface area contributed by atoms with Crippen molar-refractivity contribution < 1.29 is 35.5 Å². The molecule has 0 spiro atoms. The summed E-state index contributed by atoms with van der Waals surface area (Å²) >= 11 is 0. The third-order valence-electron chi connectivity index (χ3n) is 4.59. The maximum Gasteiger partial charge on any atom is 0.416 e. The number of sulfonamides is 1. The highest BCUT2D eigenvalue weighted by atomic mass is 32.2. The number of anilines is 1. The standard InChI is InChI=1S/C22H18F4N2O4S/c1-32-17-8-2-14(3-9-17)13-27-33(30,31)18-10-11-20(23)19(12-18)21(29)28-16-6-4-15(5-7-16)22(24,25)26/h2-12,27H,13H2,1H3,(H,28,29). The van der Waals surface area contributed by atoms with Gasteiger partial charge in [-0.3, -0.25) is 4.79 Å². The predicted molar refractivity (Wildman–Crippen MR) is 113 cm³/mol. The van der Waals surface area contributed by atoms with Crippen LogP contribution >= 0.6 is 0 Å². The van der Waals surface area contributed by atoms with Gasteiger partial charge in [0.2, 0.25) is 10.0 Å². The zero-order valence-corrected chi connectivity index (χ0v) is 17.9. The van der Waals surface area contributed by atoms with E-state index in [1.165, 1.54) is 7.11 Å². The molecule has 0 heterocycles. The van der Waals surface area contributed by atoms with Crippen LogP contribution in [-0.2, 0) is 22.7 Å². The summed E-state index contributed by atoms with van der Waals surface area (Å²) in [6.45, 7) is -0.0587. The number of alkyl halides is 3. The molecule has 3 aromatic rings. The molecule has 0 fully saturated rings. The van der Waals surface area contributed by atoms with E-state index in [2.05, 4.69) is 10.0 Å². The van der Waals surface area contributed by atoms with Gasteiger partial charge in [0, 0.05) is 12.2 Å². The fraction of sp³-hybridized carbons (Fsp3) is 0.136. The number of carbonyl (C=O) groups excluding carboxylic acids is 1. The Morgan fingerprint density at radius 1 is 0.970 bits per heavy atom. The van der Waals surface area contributed by atoms with Gasteiger partial charge >= 0.3 is 6.18 Å². The molecule has 0 aliphatic carbocycles. The third-order valence-corrected chi connectivity index (χ3v) is 5.99. The zero-order chi connectivity index (χ0) is 24.2. The molecule has 0 unspecified atom stereocenters. The number of hydrogen-bond donors (Lipinski definition) is 2. The first-order valence-electron chi connectivity index (χ1n) is 9.40. The fourth-order valence-electron chi connectivity index (χ4n) is 2.79. The average molecular weight is 482 g/mol. The van der Waals surface area contributed by atoms with E-state index in [0.29, 0.717) is 11.3 Å². The second-order valence-electron chi connectivity index (χ2n) is 6.84. The largest absolute Gasteiger partial charge is 0.497 e. The van der Waals surface area contributed by atoms with Crippen molar-refractivity contribution in [3.05, 3.63) is 89.2 Å². The molecule has 174 valence electrons. The number of ether oxygens (including phenoxy) is 1. The quantitative estimate of drug-likeness (QED) is 0.483. The number of nitrogens with one attached hydrogen (secondary N) is 2. The van der Waals surface area contributed by atoms with Gasteiger partial charge in [0.25, 0.3) is 5.91 Å². The molecule has 11 heteroatoms. The van der Waals surface area contributed by atoms with Crippen molar-refractivity contribution in [1.29, 1.82) is 0 Å². The Balaban J connectivity index is 1.75. The highest BCUT2D eigenvalue weighted by molar-refractivity contribution is 7.89. The van der Waals surface area contributed by atoms with Crippen molar-refractivity contribution in [2.75, 3.05) is 12.4 Å². The van der Waals surface area contributed by atoms with Gasteiger partial charge in [-0.2, -0.15) is 13.2 Å². The number of rotatable bonds is 7. The van der Waals surface area contributed by atoms with Crippen LogP contribution in [-0.4, -0.2) is 21.4 Å². The second-order valence-corrected chi connectivity index (χ2v) is 8.61. The summed E-state index contributed by atoms with van der Waals surface area (Å²) in [5, 5.41) is 2.25. The maximum absolute atomic E-state index is 14.2. The molecule has 1 amide bonds. The second kappa shape index (κ2) is 9.59. The lowest BCUT2D eigenvalue weighted by Crippen LogP contribution is -2.24. The normalized spacial score (nSPS) is 11.8. The Morgan fingerprint density at radius 3 is 2.18 bits per heavy atom. The number of methoxy groups -OCH3 is 1. The molecule has 3 rings (SSSR count). The lowest BCUT2D eigenvalue weighted by Gasteiger charge is -2.11. The number of hydrogen-bond acceptors (Lipinski definition) is 4. The van der Waals surface area contributed by atoms with Gasteiger partial charge in [0.1, 0.15) is 11.6 Å². The smallest absolute Gasteiger partial charge is 0.416 e. The topological polar surface area (TPSA) is 84.5 Å². The molecule has 2 N–H and O–H groups in total. The minimum Gasteiger partial charge on any atom is -0.497 e. The Morgan fingerprint density at radius 2 is 1.61 bits per heavy atom. The summed E-state index contributed by atoms with van der Waals surface area (Å²) in [6.07, 6.45) is -4.55. The van der Waals surface area contributed by atoms with Gasteiger partial charge < -0.3 is 10.1 Å². The molecule has 0 aromatic heterocycles. The van der Waals surface area contributed by atoms with E-state index in [-0.39, 0.29) is 17.1 Å². The number of amides is 1. The minimum atomic E-state index is -4.55. The molecule has 0 saturated heterocycles. The van der Waals surface area contributed by atoms with Crippen LogP contribution < -0.4 is 14.8 Å². The Labute approximate surface area is 187 Å². The van der Waals surface area contributed by atoms with Crippen LogP contribution in [0.3, 0.4) is 0 Å². The molecule has 0 aliphatic heterocycles. The molecule has 6 nitrogen and oxygen atoms in total. The summed E-state index contributed by atoms with van der Waals surface area (Å²) in [7, 11) is -2.60. The first kappa shape index (κ1) is 24.2. The van der Waals surface area contributed by atoms with Gasteiger partial charge in [0.15, 0.2) is 0 Å². The number of carbonyl (C=O) groups is 1. The summed E-state index contributed by atoms with van der Waals surface area (Å²) in [5.74, 6) is -1.41. The first-order valence-corrected chi connectivity index (χ1v) is 10.9. The molecule has 0 saturated carbocycles. The lowest BCUT2D eigenvalue weighted by molar-refractivity contribution is -0.137. The van der Waals surface area contributed by atoms with Crippen LogP contribution in [0.2, 0.25) is 0 Å². The lowest BCUT2D eigenvalue weighted by atomic mass is 10.1. The van der Waals surface area contributed by atoms with Crippen LogP contribution in [0.15, 0.2) is 71.6 Å². The van der Waals surface area contributed by atoms with E-state index in [0.717, 1.165) is 42.5 Å². The van der Waals surface area contributed by atoms with Crippen molar-refractivity contribution in [2.24, 2.45) is 0 Å². The zero-order valence-electron chi connectivity index (χ0n) is 17.1. The van der Waals surface area contributed by atoms with Gasteiger partial charge in [0.05, 0.1) is 23.1 Å². The average Bonchev–Trinajstić information content (AvgIpc) is 2.78. The van der Waals surface area contributed by atoms with E-state index in [9.17, 15) is 30.8 Å². The molecule has 0 atom stereocenters. The summed E-state index contributed by atoms with van der Waals surface area (Å²) in [4.78, 5) is 12.1. The van der Waals surface area contributed by atoms with Gasteiger partial charge in [-0.1, -0.05) is 12.1 Å². The maximum atomic E-state index is 14.2. The van der Waals surface area contributed by atoms with E-state index >= 15 is 0 Å². The van der Waals surface area contributed by atoms with E-state index < -0.39 is 39.1 Å². The summed E-state index contributed by atoms with van der Waals surface area (Å²) in [5.41, 5.74) is -0.870. The SMILES string of the molecule is COc1ccc(CNS(=O)(=O)c2ccc(F)c(C(=O)Nc3ccc(C(F)(F)F)cc3)c2)cc1. The van der Waals surface area contributed by atoms with Crippen LogP contribution in [0.4, 0.5) is 23.2 Å². The number of halogens is 4. The molecule has 0 bridgehead atoms. The van der Waals surface area contributed by atoms with Crippen molar-refractivity contribution in [1.82, 2.24) is 4.72 Å². The van der Waals surface area contributed by atoms with Crippen LogP contribution in [0, 0.1) is 5.82 Å². The van der Waals surface area contributed by atoms with Gasteiger partial charge in [-0.25, -0.2) is 17.5 Å². The highest BCUT2D eigenvalue weighted by Crippen LogP contribution is 2.30. The van der Waals surface area contributed by atoms with Crippen molar-refractivity contribution in [3.63, 3.8) is 0 Å². The summed E-state index contributed by atoms with van der Waals surface area (Å²) in [6, 6.07) is 12.9. The van der Waals surface area contributed by atoms with Crippen molar-refractivity contribution in [3.8, 4) is 5.75 Å². The van der Waals surface area contributed by atoms with Gasteiger partial charge in [-0.15, -0.1) is 0 Å². The Bertz CT molecular complexity index is 1240. The monoisotopic (exact) mass is 482 g/mol. The molecule has 3 aromatic carbocycles. The first-order chi connectivity index (χ1) is 15.5. The van der Waals surface area contributed by atoms with Crippen molar-refractivity contribution >= 4 is 21.6 Å². The van der Waals surface area contributed by atoms with E-state index in [4.69, 9.17) is 4.74 Å². The fourth-order valence-corrected chi connectivity index (χ4v) is 3.84. The van der Waals surface area contributed by atoms with Crippen LogP contribution in [0.5, 0.6) is 5.75 Å². The van der Waals surface area contributed by atoms with Crippen molar-refractivity contribution in [2.45, 2.75) is 17.6 Å². The molecular weight excluding hydrogens is 464 g/mol. The minimum absolute atomic E-state index is 0.0155. The Hall–Kier alpha value is -3.44. The molecule has 33 heavy (non-hydrogen) atoms. The van der Waals surface area contributed by atoms with Crippen LogP contribution in [0.1, 0.15) is 21.5 Å². The molecular formula is C22H18F4N2O4S. The Kier molecular flexibility index (Phi) is 7.04. The highest BCUT2D eigenvalue weighted by Gasteiger charge is 2.30.